The number of fused-ring (bicyclic) bond motifs is 1. The summed E-state index contributed by atoms with van der Waals surface area (Å²) in [6, 6.07) is 9.93. The lowest BCUT2D eigenvalue weighted by molar-refractivity contribution is 0.0986. The predicted molar refractivity (Wildman–Crippen MR) is 128 cm³/mol. The van der Waals surface area contributed by atoms with E-state index in [0.717, 1.165) is 28.7 Å². The van der Waals surface area contributed by atoms with Gasteiger partial charge in [0.05, 0.1) is 20.9 Å². The minimum atomic E-state index is -3.41. The van der Waals surface area contributed by atoms with E-state index in [9.17, 15) is 13.2 Å². The van der Waals surface area contributed by atoms with E-state index in [1.165, 1.54) is 23.5 Å². The summed E-state index contributed by atoms with van der Waals surface area (Å²) < 4.78 is 25.5. The number of halogens is 1. The molecular weight excluding hydrogens is 454 g/mol. The second-order valence-corrected chi connectivity index (χ2v) is 11.3. The van der Waals surface area contributed by atoms with Gasteiger partial charge in [-0.15, -0.1) is 0 Å². The molecule has 31 heavy (non-hydrogen) atoms. The van der Waals surface area contributed by atoms with Crippen LogP contribution in [0.3, 0.4) is 0 Å². The van der Waals surface area contributed by atoms with Crippen molar-refractivity contribution in [2.45, 2.75) is 25.2 Å². The molecule has 0 aliphatic rings. The molecule has 0 aliphatic heterocycles. The molecule has 166 valence electrons. The number of aryl methyl sites for hydroxylation is 1. The van der Waals surface area contributed by atoms with Gasteiger partial charge < -0.3 is 4.90 Å². The lowest BCUT2D eigenvalue weighted by Gasteiger charge is -2.21. The average Bonchev–Trinajstić information content (AvgIpc) is 3.14. The molecule has 1 aromatic heterocycles. The summed E-state index contributed by atoms with van der Waals surface area (Å²) in [7, 11) is 0.552. The number of carbonyl (C=O) groups is 1. The quantitative estimate of drug-likeness (QED) is 0.470. The van der Waals surface area contributed by atoms with Crippen LogP contribution in [-0.4, -0.2) is 57.1 Å². The number of thiazole rings is 1. The molecule has 0 aliphatic carbocycles. The van der Waals surface area contributed by atoms with Crippen LogP contribution in [0.1, 0.15) is 29.3 Å². The minimum absolute atomic E-state index is 0.0188. The van der Waals surface area contributed by atoms with Gasteiger partial charge in [-0.3, -0.25) is 9.69 Å². The molecule has 0 spiro atoms. The smallest absolute Gasteiger partial charge is 0.260 e. The highest BCUT2D eigenvalue weighted by atomic mass is 35.5. The zero-order valence-electron chi connectivity index (χ0n) is 18.1. The van der Waals surface area contributed by atoms with E-state index < -0.39 is 9.84 Å². The molecule has 0 radical (unpaired) electrons. The minimum Gasteiger partial charge on any atom is -0.309 e. The fourth-order valence-electron chi connectivity index (χ4n) is 3.23. The largest absolute Gasteiger partial charge is 0.309 e. The van der Waals surface area contributed by atoms with Crippen molar-refractivity contribution in [1.29, 1.82) is 0 Å². The Balaban J connectivity index is 2.02. The van der Waals surface area contributed by atoms with Crippen molar-refractivity contribution in [3.05, 3.63) is 52.5 Å². The third-order valence-electron chi connectivity index (χ3n) is 4.92. The Bertz CT molecular complexity index is 1210. The first-order valence-corrected chi connectivity index (χ1v) is 12.8. The number of anilines is 1. The van der Waals surface area contributed by atoms with Gasteiger partial charge in [-0.2, -0.15) is 0 Å². The molecule has 2 aromatic carbocycles. The molecule has 0 saturated carbocycles. The van der Waals surface area contributed by atoms with Crippen LogP contribution in [0.5, 0.6) is 0 Å². The van der Waals surface area contributed by atoms with Crippen LogP contribution in [0, 0.1) is 6.92 Å². The molecule has 3 rings (SSSR count). The van der Waals surface area contributed by atoms with Crippen molar-refractivity contribution >= 4 is 54.0 Å². The lowest BCUT2D eigenvalue weighted by atomic mass is 10.2. The number of sulfone groups is 1. The van der Waals surface area contributed by atoms with Crippen LogP contribution in [0.2, 0.25) is 5.02 Å². The third-order valence-corrected chi connectivity index (χ3v) is 7.90. The number of nitrogens with zero attached hydrogens (tertiary/aromatic N) is 3. The molecule has 0 atom stereocenters. The average molecular weight is 480 g/mol. The van der Waals surface area contributed by atoms with E-state index in [2.05, 4.69) is 4.90 Å². The number of hydrogen-bond donors (Lipinski definition) is 0. The van der Waals surface area contributed by atoms with Crippen LogP contribution >= 0.6 is 22.9 Å². The molecule has 0 saturated heterocycles. The van der Waals surface area contributed by atoms with Crippen LogP contribution in [0.15, 0.2) is 41.3 Å². The zero-order chi connectivity index (χ0) is 22.8. The Labute approximate surface area is 192 Å². The molecule has 0 bridgehead atoms. The molecule has 1 amide bonds. The summed E-state index contributed by atoms with van der Waals surface area (Å²) in [5.41, 5.74) is 2.09. The van der Waals surface area contributed by atoms with Crippen molar-refractivity contribution in [3.63, 3.8) is 0 Å². The lowest BCUT2D eigenvalue weighted by Crippen LogP contribution is -2.33. The molecule has 3 aromatic rings. The Morgan fingerprint density at radius 1 is 1.16 bits per heavy atom. The molecule has 9 heteroatoms. The molecule has 0 unspecified atom stereocenters. The topological polar surface area (TPSA) is 70.6 Å². The number of carbonyl (C=O) groups excluding carboxylic acids is 1. The van der Waals surface area contributed by atoms with Gasteiger partial charge in [0.15, 0.2) is 15.0 Å². The molecule has 0 N–H and O–H groups in total. The van der Waals surface area contributed by atoms with Gasteiger partial charge in [0.1, 0.15) is 0 Å². The van der Waals surface area contributed by atoms with Crippen molar-refractivity contribution in [2.24, 2.45) is 0 Å². The Kier molecular flexibility index (Phi) is 7.36. The second kappa shape index (κ2) is 9.65. The first kappa shape index (κ1) is 23.7. The highest BCUT2D eigenvalue weighted by Gasteiger charge is 2.23. The first-order chi connectivity index (χ1) is 14.6. The standard InChI is InChI=1S/C22H26ClN3O3S2/c1-5-31(28,29)18-9-6-8-16(13-18)21(27)26(11-7-10-25(3)4)22-24-20-15(2)12-17(23)14-19(20)30-22/h6,8-9,12-14H,5,7,10-11H2,1-4H3. The maximum atomic E-state index is 13.5. The fraction of sp³-hybridized carbons (Fsp3) is 0.364. The van der Waals surface area contributed by atoms with E-state index in [4.69, 9.17) is 16.6 Å². The Morgan fingerprint density at radius 2 is 1.90 bits per heavy atom. The molecular formula is C22H26ClN3O3S2. The Morgan fingerprint density at radius 3 is 2.58 bits per heavy atom. The van der Waals surface area contributed by atoms with Crippen LogP contribution in [0.25, 0.3) is 10.2 Å². The van der Waals surface area contributed by atoms with Gasteiger partial charge in [0, 0.05) is 17.1 Å². The van der Waals surface area contributed by atoms with Gasteiger partial charge >= 0.3 is 0 Å². The fourth-order valence-corrected chi connectivity index (χ4v) is 5.60. The number of aromatic nitrogens is 1. The monoisotopic (exact) mass is 479 g/mol. The highest BCUT2D eigenvalue weighted by molar-refractivity contribution is 7.91. The van der Waals surface area contributed by atoms with Crippen LogP contribution in [0.4, 0.5) is 5.13 Å². The van der Waals surface area contributed by atoms with Gasteiger partial charge in [-0.25, -0.2) is 13.4 Å². The summed E-state index contributed by atoms with van der Waals surface area (Å²) in [6.07, 6.45) is 0.751. The summed E-state index contributed by atoms with van der Waals surface area (Å²) in [4.78, 5) is 22.0. The van der Waals surface area contributed by atoms with E-state index in [1.54, 1.807) is 24.0 Å². The number of rotatable bonds is 8. The summed E-state index contributed by atoms with van der Waals surface area (Å²) in [5, 5.41) is 1.20. The van der Waals surface area contributed by atoms with Crippen molar-refractivity contribution < 1.29 is 13.2 Å². The summed E-state index contributed by atoms with van der Waals surface area (Å²) >= 11 is 7.61. The van der Waals surface area contributed by atoms with Crippen molar-refractivity contribution in [1.82, 2.24) is 9.88 Å². The van der Waals surface area contributed by atoms with Gasteiger partial charge in [-0.05, 0) is 69.9 Å². The van der Waals surface area contributed by atoms with Gasteiger partial charge in [-0.1, -0.05) is 35.9 Å². The van der Waals surface area contributed by atoms with Crippen LogP contribution < -0.4 is 4.90 Å². The number of amides is 1. The first-order valence-electron chi connectivity index (χ1n) is 9.98. The zero-order valence-corrected chi connectivity index (χ0v) is 20.4. The molecule has 1 heterocycles. The number of benzene rings is 2. The summed E-state index contributed by atoms with van der Waals surface area (Å²) in [5.74, 6) is -0.288. The van der Waals surface area contributed by atoms with Gasteiger partial charge in [0.2, 0.25) is 0 Å². The van der Waals surface area contributed by atoms with Crippen molar-refractivity contribution in [3.8, 4) is 0 Å². The SMILES string of the molecule is CCS(=O)(=O)c1cccc(C(=O)N(CCCN(C)C)c2nc3c(C)cc(Cl)cc3s2)c1. The molecule has 6 nitrogen and oxygen atoms in total. The normalized spacial score (nSPS) is 11.9. The third kappa shape index (κ3) is 5.44. The number of hydrogen-bond acceptors (Lipinski definition) is 6. The van der Waals surface area contributed by atoms with E-state index in [-0.39, 0.29) is 16.6 Å². The summed E-state index contributed by atoms with van der Waals surface area (Å²) in [6.45, 7) is 4.80. The van der Waals surface area contributed by atoms with Crippen LogP contribution in [-0.2, 0) is 9.84 Å². The second-order valence-electron chi connectivity index (χ2n) is 7.61. The highest BCUT2D eigenvalue weighted by Crippen LogP contribution is 2.34. The van der Waals surface area contributed by atoms with Gasteiger partial charge in [0.25, 0.3) is 5.91 Å². The Hall–Kier alpha value is -2.00. The van der Waals surface area contributed by atoms with E-state index in [0.29, 0.717) is 22.3 Å². The van der Waals surface area contributed by atoms with Crippen molar-refractivity contribution in [2.75, 3.05) is 37.8 Å². The molecule has 0 fully saturated rings. The predicted octanol–water partition coefficient (Wildman–Crippen LogP) is 4.65. The maximum absolute atomic E-state index is 13.5. The van der Waals surface area contributed by atoms with E-state index >= 15 is 0 Å². The maximum Gasteiger partial charge on any atom is 0.260 e. The van der Waals surface area contributed by atoms with E-state index in [1.807, 2.05) is 33.2 Å².